The minimum Gasteiger partial charge on any atom is -0.496 e. The number of benzene rings is 1. The Morgan fingerprint density at radius 1 is 1.30 bits per heavy atom. The summed E-state index contributed by atoms with van der Waals surface area (Å²) >= 11 is 0. The van der Waals surface area contributed by atoms with Crippen LogP contribution in [0.15, 0.2) is 30.3 Å². The number of methoxy groups -OCH3 is 1. The van der Waals surface area contributed by atoms with Crippen LogP contribution in [0.1, 0.15) is 46.1 Å². The van der Waals surface area contributed by atoms with Crippen molar-refractivity contribution in [3.63, 3.8) is 0 Å². The van der Waals surface area contributed by atoms with E-state index in [0.29, 0.717) is 30.0 Å². The average molecular weight is 313 g/mol. The Kier molecular flexibility index (Phi) is 3.94. The van der Waals surface area contributed by atoms with Gasteiger partial charge in [-0.1, -0.05) is 12.1 Å². The van der Waals surface area contributed by atoms with Crippen molar-refractivity contribution in [1.29, 1.82) is 0 Å². The minimum atomic E-state index is -0.834. The number of ketones is 1. The summed E-state index contributed by atoms with van der Waals surface area (Å²) in [6.07, 6.45) is 1.37. The van der Waals surface area contributed by atoms with E-state index in [0.717, 1.165) is 17.7 Å². The summed E-state index contributed by atoms with van der Waals surface area (Å²) in [5.74, 6) is -0.975. The molecule has 5 nitrogen and oxygen atoms in total. The quantitative estimate of drug-likeness (QED) is 0.881. The van der Waals surface area contributed by atoms with Gasteiger partial charge in [-0.3, -0.25) is 9.59 Å². The largest absolute Gasteiger partial charge is 0.496 e. The van der Waals surface area contributed by atoms with Gasteiger partial charge in [-0.2, -0.15) is 0 Å². The molecule has 120 valence electrons. The second-order valence-corrected chi connectivity index (χ2v) is 5.81. The third kappa shape index (κ3) is 2.52. The van der Waals surface area contributed by atoms with E-state index in [-0.39, 0.29) is 5.78 Å². The van der Waals surface area contributed by atoms with Crippen LogP contribution in [-0.2, 0) is 11.3 Å². The van der Waals surface area contributed by atoms with Crippen LogP contribution in [0, 0.1) is 6.92 Å². The number of nitrogens with zero attached hydrogens (tertiary/aromatic N) is 1. The number of carboxylic acid groups (broad SMARTS) is 1. The summed E-state index contributed by atoms with van der Waals surface area (Å²) in [5.41, 5.74) is 2.59. The third-order valence-electron chi connectivity index (χ3n) is 4.42. The predicted molar refractivity (Wildman–Crippen MR) is 85.2 cm³/mol. The molecule has 0 aliphatic carbocycles. The molecule has 0 fully saturated rings. The lowest BCUT2D eigenvalue weighted by atomic mass is 9.96. The second kappa shape index (κ2) is 5.91. The van der Waals surface area contributed by atoms with Gasteiger partial charge in [-0.25, -0.2) is 0 Å². The van der Waals surface area contributed by atoms with Gasteiger partial charge in [0.15, 0.2) is 0 Å². The van der Waals surface area contributed by atoms with Crippen molar-refractivity contribution in [1.82, 2.24) is 4.57 Å². The van der Waals surface area contributed by atoms with Gasteiger partial charge in [0.25, 0.3) is 0 Å². The van der Waals surface area contributed by atoms with Crippen LogP contribution in [0.25, 0.3) is 0 Å². The van der Waals surface area contributed by atoms with Crippen molar-refractivity contribution >= 4 is 11.8 Å². The van der Waals surface area contributed by atoms with Gasteiger partial charge in [0.05, 0.1) is 24.3 Å². The smallest absolute Gasteiger partial charge is 0.312 e. The highest BCUT2D eigenvalue weighted by atomic mass is 16.5. The summed E-state index contributed by atoms with van der Waals surface area (Å²) < 4.78 is 7.15. The first-order chi connectivity index (χ1) is 11.0. The van der Waals surface area contributed by atoms with Crippen LogP contribution in [-0.4, -0.2) is 28.5 Å². The van der Waals surface area contributed by atoms with Gasteiger partial charge in [0, 0.05) is 12.2 Å². The van der Waals surface area contributed by atoms with E-state index in [4.69, 9.17) is 4.74 Å². The summed E-state index contributed by atoms with van der Waals surface area (Å²) in [7, 11) is 1.53. The first-order valence-electron chi connectivity index (χ1n) is 7.65. The lowest BCUT2D eigenvalue weighted by Crippen LogP contribution is -2.24. The fourth-order valence-electron chi connectivity index (χ4n) is 3.35. The van der Waals surface area contributed by atoms with E-state index in [1.807, 2.05) is 23.6 Å². The number of aryl methyl sites for hydroxylation is 1. The molecule has 0 radical (unpaired) electrons. The Labute approximate surface area is 134 Å². The number of aromatic nitrogens is 1. The molecular weight excluding hydrogens is 294 g/mol. The lowest BCUT2D eigenvalue weighted by Gasteiger charge is -2.23. The Bertz CT molecular complexity index is 775. The number of carbonyl (C=O) groups is 2. The lowest BCUT2D eigenvalue weighted by molar-refractivity contribution is -0.139. The van der Waals surface area contributed by atoms with E-state index >= 15 is 0 Å². The molecule has 1 aromatic carbocycles. The number of hydrogen-bond donors (Lipinski definition) is 1. The molecule has 2 aromatic rings. The van der Waals surface area contributed by atoms with Crippen molar-refractivity contribution in [2.45, 2.75) is 32.2 Å². The number of aliphatic carboxylic acids is 1. The van der Waals surface area contributed by atoms with E-state index in [1.165, 1.54) is 7.11 Å². The Balaban J connectivity index is 2.11. The summed E-state index contributed by atoms with van der Waals surface area (Å²) in [6, 6.07) is 8.93. The maximum absolute atomic E-state index is 13.0. The van der Waals surface area contributed by atoms with Gasteiger partial charge in [0.1, 0.15) is 5.75 Å². The fourth-order valence-corrected chi connectivity index (χ4v) is 3.35. The molecule has 0 bridgehead atoms. The van der Waals surface area contributed by atoms with Gasteiger partial charge < -0.3 is 14.4 Å². The molecule has 1 aromatic heterocycles. The number of carboxylic acids is 1. The maximum atomic E-state index is 13.0. The molecule has 0 spiro atoms. The number of fused-ring (bicyclic) bond motifs is 1. The number of carbonyl (C=O) groups excluding carboxylic acids is 1. The normalized spacial score (nSPS) is 16.7. The van der Waals surface area contributed by atoms with Crippen molar-refractivity contribution in [3.05, 3.63) is 52.8 Å². The molecule has 1 aliphatic heterocycles. The van der Waals surface area contributed by atoms with E-state index in [9.17, 15) is 14.7 Å². The summed E-state index contributed by atoms with van der Waals surface area (Å²) in [5, 5.41) is 9.40. The highest BCUT2D eigenvalue weighted by molar-refractivity contribution is 6.10. The first-order valence-corrected chi connectivity index (χ1v) is 7.65. The highest BCUT2D eigenvalue weighted by Gasteiger charge is 2.31. The van der Waals surface area contributed by atoms with Crippen LogP contribution < -0.4 is 4.74 Å². The topological polar surface area (TPSA) is 68.5 Å². The van der Waals surface area contributed by atoms with Gasteiger partial charge >= 0.3 is 5.97 Å². The molecule has 1 unspecified atom stereocenters. The van der Waals surface area contributed by atoms with Crippen LogP contribution >= 0.6 is 0 Å². The molecule has 1 N–H and O–H groups in total. The highest BCUT2D eigenvalue weighted by Crippen LogP contribution is 2.33. The Morgan fingerprint density at radius 3 is 2.74 bits per heavy atom. The average Bonchev–Trinajstić information content (AvgIpc) is 2.89. The third-order valence-corrected chi connectivity index (χ3v) is 4.42. The molecule has 3 rings (SSSR count). The van der Waals surface area contributed by atoms with Gasteiger partial charge in [-0.15, -0.1) is 0 Å². The molecular formula is C18H19NO4. The molecule has 2 heterocycles. The maximum Gasteiger partial charge on any atom is 0.312 e. The molecule has 23 heavy (non-hydrogen) atoms. The van der Waals surface area contributed by atoms with Crippen molar-refractivity contribution in [2.24, 2.45) is 0 Å². The Morgan fingerprint density at radius 2 is 2.04 bits per heavy atom. The molecule has 5 heteroatoms. The zero-order valence-corrected chi connectivity index (χ0v) is 13.2. The minimum absolute atomic E-state index is 0.128. The Hall–Kier alpha value is -2.56. The van der Waals surface area contributed by atoms with Crippen LogP contribution in [0.3, 0.4) is 0 Å². The van der Waals surface area contributed by atoms with Crippen LogP contribution in [0.5, 0.6) is 5.75 Å². The fraction of sp³-hybridized carbons (Fsp3) is 0.333. The molecule has 0 amide bonds. The standard InChI is InChI=1S/C18H19NO4/c1-11-10-14-12(18(21)22)7-5-9-19(14)16(11)17(20)13-6-3-4-8-15(13)23-2/h3-4,6,8,10,12H,5,7,9H2,1-2H3,(H,21,22). The second-order valence-electron chi connectivity index (χ2n) is 5.81. The van der Waals surface area contributed by atoms with E-state index in [2.05, 4.69) is 0 Å². The van der Waals surface area contributed by atoms with E-state index < -0.39 is 11.9 Å². The van der Waals surface area contributed by atoms with Crippen molar-refractivity contribution in [2.75, 3.05) is 7.11 Å². The zero-order valence-electron chi connectivity index (χ0n) is 13.2. The number of ether oxygens (including phenoxy) is 1. The van der Waals surface area contributed by atoms with Gasteiger partial charge in [-0.05, 0) is 43.5 Å². The molecule has 0 saturated carbocycles. The monoisotopic (exact) mass is 313 g/mol. The first kappa shape index (κ1) is 15.3. The number of hydrogen-bond acceptors (Lipinski definition) is 3. The number of rotatable bonds is 4. The van der Waals surface area contributed by atoms with Crippen LogP contribution in [0.2, 0.25) is 0 Å². The predicted octanol–water partition coefficient (Wildman–Crippen LogP) is 3.00. The van der Waals surface area contributed by atoms with Crippen molar-refractivity contribution < 1.29 is 19.4 Å². The van der Waals surface area contributed by atoms with Crippen molar-refractivity contribution in [3.8, 4) is 5.75 Å². The molecule has 1 aliphatic rings. The van der Waals surface area contributed by atoms with Crippen LogP contribution in [0.4, 0.5) is 0 Å². The zero-order chi connectivity index (χ0) is 16.6. The van der Waals surface area contributed by atoms with Gasteiger partial charge in [0.2, 0.25) is 5.78 Å². The molecule has 0 saturated heterocycles. The SMILES string of the molecule is COc1ccccc1C(=O)c1c(C)cc2n1CCCC2C(=O)O. The summed E-state index contributed by atoms with van der Waals surface area (Å²) in [6.45, 7) is 2.52. The number of para-hydroxylation sites is 1. The van der Waals surface area contributed by atoms with E-state index in [1.54, 1.807) is 18.2 Å². The molecule has 1 atom stereocenters. The summed E-state index contributed by atoms with van der Waals surface area (Å²) in [4.78, 5) is 24.5.